The van der Waals surface area contributed by atoms with Crippen molar-refractivity contribution < 1.29 is 0 Å². The quantitative estimate of drug-likeness (QED) is 0.611. The maximum Gasteiger partial charge on any atom is 0.198 e. The van der Waals surface area contributed by atoms with E-state index in [0.29, 0.717) is 16.5 Å². The summed E-state index contributed by atoms with van der Waals surface area (Å²) in [4.78, 5) is 13.4. The van der Waals surface area contributed by atoms with E-state index < -0.39 is 0 Å². The summed E-state index contributed by atoms with van der Waals surface area (Å²) >= 11 is 6.33. The molecule has 0 fully saturated rings. The van der Waals surface area contributed by atoms with E-state index in [0.717, 1.165) is 28.2 Å². The molecule has 23 heavy (non-hydrogen) atoms. The molecule has 0 atom stereocenters. The van der Waals surface area contributed by atoms with Crippen molar-refractivity contribution in [3.05, 3.63) is 47.1 Å². The molecule has 0 spiro atoms. The number of halogens is 1. The van der Waals surface area contributed by atoms with Crippen molar-refractivity contribution in [3.8, 4) is 0 Å². The van der Waals surface area contributed by atoms with Crippen LogP contribution in [0, 0.1) is 13.8 Å². The van der Waals surface area contributed by atoms with Crippen molar-refractivity contribution in [3.63, 3.8) is 0 Å². The first kappa shape index (κ1) is 14.0. The Labute approximate surface area is 137 Å². The molecule has 0 saturated carbocycles. The third kappa shape index (κ3) is 2.06. The monoisotopic (exact) mass is 326 g/mol. The minimum absolute atomic E-state index is 0.655. The van der Waals surface area contributed by atoms with Gasteiger partial charge in [-0.2, -0.15) is 0 Å². The van der Waals surface area contributed by atoms with Crippen molar-refractivity contribution in [2.45, 2.75) is 13.8 Å². The maximum atomic E-state index is 6.33. The van der Waals surface area contributed by atoms with Gasteiger partial charge in [0.15, 0.2) is 17.1 Å². The molecule has 116 valence electrons. The number of aryl methyl sites for hydroxylation is 3. The van der Waals surface area contributed by atoms with Gasteiger partial charge in [0.2, 0.25) is 0 Å². The maximum absolute atomic E-state index is 6.33. The lowest BCUT2D eigenvalue weighted by Gasteiger charge is -2.12. The highest BCUT2D eigenvalue weighted by Crippen LogP contribution is 2.31. The summed E-state index contributed by atoms with van der Waals surface area (Å²) in [6, 6.07) is 5.79. The summed E-state index contributed by atoms with van der Waals surface area (Å²) in [5, 5.41) is 4.00. The van der Waals surface area contributed by atoms with Gasteiger partial charge in [-0.1, -0.05) is 23.7 Å². The third-order valence-corrected chi connectivity index (χ3v) is 4.28. The Kier molecular flexibility index (Phi) is 3.02. The number of nitrogens with one attached hydrogen (secondary N) is 1. The van der Waals surface area contributed by atoms with Crippen LogP contribution in [0.15, 0.2) is 30.7 Å². The smallest absolute Gasteiger partial charge is 0.198 e. The number of anilines is 2. The normalized spacial score (nSPS) is 11.5. The summed E-state index contributed by atoms with van der Waals surface area (Å²) in [5.41, 5.74) is 4.36. The Balaban J connectivity index is 2.00. The van der Waals surface area contributed by atoms with Gasteiger partial charge >= 0.3 is 0 Å². The molecule has 3 heterocycles. The predicted molar refractivity (Wildman–Crippen MR) is 91.5 cm³/mol. The van der Waals surface area contributed by atoms with Gasteiger partial charge in [0, 0.05) is 7.05 Å². The van der Waals surface area contributed by atoms with E-state index in [2.05, 4.69) is 20.3 Å². The summed E-state index contributed by atoms with van der Waals surface area (Å²) < 4.78 is 3.98. The van der Waals surface area contributed by atoms with Gasteiger partial charge in [-0.3, -0.25) is 4.40 Å². The number of aromatic nitrogens is 5. The van der Waals surface area contributed by atoms with Crippen LogP contribution in [0.4, 0.5) is 11.5 Å². The number of fused-ring (bicyclic) bond motifs is 3. The van der Waals surface area contributed by atoms with E-state index >= 15 is 0 Å². The largest absolute Gasteiger partial charge is 0.337 e. The SMILES string of the molecule is Cc1cccc(Cl)c1Nc1nc2ncn(C)c2n2c(C)ncc12. The van der Waals surface area contributed by atoms with Crippen LogP contribution in [-0.2, 0) is 7.05 Å². The molecule has 0 bridgehead atoms. The molecule has 0 saturated heterocycles. The number of hydrogen-bond donors (Lipinski definition) is 1. The number of imidazole rings is 2. The zero-order chi connectivity index (χ0) is 16.1. The molecule has 1 N–H and O–H groups in total. The first-order valence-corrected chi connectivity index (χ1v) is 7.61. The lowest BCUT2D eigenvalue weighted by atomic mass is 10.2. The molecule has 0 radical (unpaired) electrons. The molecule has 0 aliphatic carbocycles. The second kappa shape index (κ2) is 4.96. The minimum atomic E-state index is 0.655. The van der Waals surface area contributed by atoms with Crippen LogP contribution in [0.3, 0.4) is 0 Å². The summed E-state index contributed by atoms with van der Waals surface area (Å²) in [5.74, 6) is 1.57. The second-order valence-corrected chi connectivity index (χ2v) is 5.95. The van der Waals surface area contributed by atoms with Gasteiger partial charge in [-0.05, 0) is 25.5 Å². The van der Waals surface area contributed by atoms with Crippen LogP contribution >= 0.6 is 11.6 Å². The Morgan fingerprint density at radius 1 is 1.17 bits per heavy atom. The highest BCUT2D eigenvalue weighted by atomic mass is 35.5. The number of hydrogen-bond acceptors (Lipinski definition) is 4. The van der Waals surface area contributed by atoms with Crippen LogP contribution in [0.25, 0.3) is 16.8 Å². The third-order valence-electron chi connectivity index (χ3n) is 3.96. The van der Waals surface area contributed by atoms with E-state index in [-0.39, 0.29) is 0 Å². The van der Waals surface area contributed by atoms with Crippen molar-refractivity contribution in [2.75, 3.05) is 5.32 Å². The summed E-state index contributed by atoms with van der Waals surface area (Å²) in [6.07, 6.45) is 3.56. The zero-order valence-corrected chi connectivity index (χ0v) is 13.8. The summed E-state index contributed by atoms with van der Waals surface area (Å²) in [7, 11) is 1.95. The first-order chi connectivity index (χ1) is 11.1. The van der Waals surface area contributed by atoms with Crippen molar-refractivity contribution in [1.82, 2.24) is 23.9 Å². The molecule has 0 aliphatic heterocycles. The Hall–Kier alpha value is -2.60. The molecule has 0 unspecified atom stereocenters. The van der Waals surface area contributed by atoms with Gasteiger partial charge in [0.1, 0.15) is 11.3 Å². The Morgan fingerprint density at radius 2 is 2.00 bits per heavy atom. The lowest BCUT2D eigenvalue weighted by molar-refractivity contribution is 0.907. The fourth-order valence-corrected chi connectivity index (χ4v) is 3.06. The average molecular weight is 327 g/mol. The predicted octanol–water partition coefficient (Wildman–Crippen LogP) is 3.63. The molecule has 4 aromatic rings. The van der Waals surface area contributed by atoms with E-state index in [1.807, 2.05) is 54.3 Å². The van der Waals surface area contributed by atoms with Crippen molar-refractivity contribution in [2.24, 2.45) is 7.05 Å². The molecular weight excluding hydrogens is 312 g/mol. The Morgan fingerprint density at radius 3 is 2.78 bits per heavy atom. The molecule has 7 heteroatoms. The molecule has 0 aliphatic rings. The van der Waals surface area contributed by atoms with Crippen LogP contribution < -0.4 is 5.32 Å². The minimum Gasteiger partial charge on any atom is -0.337 e. The van der Waals surface area contributed by atoms with Crippen LogP contribution in [0.1, 0.15) is 11.4 Å². The molecule has 4 rings (SSSR count). The van der Waals surface area contributed by atoms with Crippen molar-refractivity contribution >= 4 is 39.9 Å². The first-order valence-electron chi connectivity index (χ1n) is 7.23. The standard InChI is InChI=1S/C16H15ClN6/c1-9-5-4-6-11(17)13(9)20-14-12-7-18-10(2)23(12)16-15(21-14)19-8-22(16)3/h4-8H,1-3H3,(H,20,21). The number of rotatable bonds is 2. The average Bonchev–Trinajstić information content (AvgIpc) is 3.07. The summed E-state index contributed by atoms with van der Waals surface area (Å²) in [6.45, 7) is 3.97. The molecule has 6 nitrogen and oxygen atoms in total. The van der Waals surface area contributed by atoms with Gasteiger partial charge in [0.05, 0.1) is 23.2 Å². The lowest BCUT2D eigenvalue weighted by Crippen LogP contribution is -2.03. The molecule has 1 aromatic carbocycles. The van der Waals surface area contributed by atoms with E-state index in [4.69, 9.17) is 11.6 Å². The fraction of sp³-hybridized carbons (Fsp3) is 0.188. The Bertz CT molecular complexity index is 1030. The fourth-order valence-electron chi connectivity index (χ4n) is 2.79. The van der Waals surface area contributed by atoms with Crippen LogP contribution in [0.2, 0.25) is 5.02 Å². The van der Waals surface area contributed by atoms with E-state index in [9.17, 15) is 0 Å². The number of benzene rings is 1. The highest BCUT2D eigenvalue weighted by Gasteiger charge is 2.16. The van der Waals surface area contributed by atoms with Gasteiger partial charge in [-0.15, -0.1) is 0 Å². The van der Waals surface area contributed by atoms with Gasteiger partial charge < -0.3 is 9.88 Å². The topological polar surface area (TPSA) is 60.0 Å². The van der Waals surface area contributed by atoms with Crippen LogP contribution in [-0.4, -0.2) is 23.9 Å². The van der Waals surface area contributed by atoms with Crippen molar-refractivity contribution in [1.29, 1.82) is 0 Å². The number of nitrogens with zero attached hydrogens (tertiary/aromatic N) is 5. The highest BCUT2D eigenvalue weighted by molar-refractivity contribution is 6.33. The molecule has 0 amide bonds. The van der Waals surface area contributed by atoms with Crippen LogP contribution in [0.5, 0.6) is 0 Å². The van der Waals surface area contributed by atoms with E-state index in [1.165, 1.54) is 0 Å². The zero-order valence-electron chi connectivity index (χ0n) is 13.0. The van der Waals surface area contributed by atoms with E-state index in [1.54, 1.807) is 6.33 Å². The molecule has 3 aromatic heterocycles. The number of para-hydroxylation sites is 1. The molecular formula is C16H15ClN6. The van der Waals surface area contributed by atoms with Gasteiger partial charge in [-0.25, -0.2) is 15.0 Å². The van der Waals surface area contributed by atoms with Gasteiger partial charge in [0.25, 0.3) is 0 Å². The second-order valence-electron chi connectivity index (χ2n) is 5.55.